The van der Waals surface area contributed by atoms with Crippen molar-refractivity contribution in [2.75, 3.05) is 12.4 Å². The predicted molar refractivity (Wildman–Crippen MR) is 74.9 cm³/mol. The summed E-state index contributed by atoms with van der Waals surface area (Å²) >= 11 is 0. The van der Waals surface area contributed by atoms with Crippen molar-refractivity contribution in [3.63, 3.8) is 0 Å². The first kappa shape index (κ1) is 14.7. The van der Waals surface area contributed by atoms with E-state index in [9.17, 15) is 13.6 Å². The van der Waals surface area contributed by atoms with Gasteiger partial charge in [0.15, 0.2) is 17.5 Å². The van der Waals surface area contributed by atoms with E-state index >= 15 is 0 Å². The Morgan fingerprint density at radius 1 is 1.35 bits per heavy atom. The Hall–Kier alpha value is -3.23. The van der Waals surface area contributed by atoms with E-state index in [1.54, 1.807) is 0 Å². The van der Waals surface area contributed by atoms with Crippen LogP contribution in [0.25, 0.3) is 11.3 Å². The number of aromatic nitrogens is 3. The van der Waals surface area contributed by atoms with Crippen LogP contribution < -0.4 is 10.1 Å². The van der Waals surface area contributed by atoms with Gasteiger partial charge in [0.25, 0.3) is 11.8 Å². The number of anilines is 1. The molecule has 0 radical (unpaired) electrons. The van der Waals surface area contributed by atoms with Crippen LogP contribution in [0.4, 0.5) is 14.6 Å². The third-order valence-electron chi connectivity index (χ3n) is 2.98. The number of halogens is 2. The lowest BCUT2D eigenvalue weighted by molar-refractivity contribution is 0.0987. The zero-order chi connectivity index (χ0) is 16.4. The lowest BCUT2D eigenvalue weighted by Crippen LogP contribution is -2.11. The van der Waals surface area contributed by atoms with Crippen LogP contribution in [-0.2, 0) is 0 Å². The van der Waals surface area contributed by atoms with Crippen LogP contribution in [0, 0.1) is 11.6 Å². The average molecular weight is 320 g/mol. The highest BCUT2D eigenvalue weighted by molar-refractivity contribution is 6.02. The maximum Gasteiger partial charge on any atom is 0.295 e. The number of hydrogen-bond acceptors (Lipinski definition) is 5. The number of H-pyrrole nitrogens is 1. The van der Waals surface area contributed by atoms with Gasteiger partial charge in [-0.15, -0.1) is 0 Å². The van der Waals surface area contributed by atoms with Crippen molar-refractivity contribution in [2.45, 2.75) is 0 Å². The highest BCUT2D eigenvalue weighted by Crippen LogP contribution is 2.24. The minimum atomic E-state index is -1.01. The molecule has 0 aliphatic rings. The fourth-order valence-corrected chi connectivity index (χ4v) is 1.88. The number of amides is 1. The van der Waals surface area contributed by atoms with Crippen molar-refractivity contribution in [1.29, 1.82) is 0 Å². The summed E-state index contributed by atoms with van der Waals surface area (Å²) in [7, 11) is 1.38. The van der Waals surface area contributed by atoms with Crippen LogP contribution in [0.1, 0.15) is 10.6 Å². The first-order valence-electron chi connectivity index (χ1n) is 6.40. The normalized spacial score (nSPS) is 10.6. The van der Waals surface area contributed by atoms with Gasteiger partial charge in [-0.2, -0.15) is 5.10 Å². The van der Waals surface area contributed by atoms with Crippen LogP contribution in [0.3, 0.4) is 0 Å². The van der Waals surface area contributed by atoms with E-state index in [1.807, 2.05) is 0 Å². The molecule has 23 heavy (non-hydrogen) atoms. The summed E-state index contributed by atoms with van der Waals surface area (Å²) in [5.41, 5.74) is 0.215. The quantitative estimate of drug-likeness (QED) is 0.771. The molecule has 0 saturated carbocycles. The summed E-state index contributed by atoms with van der Waals surface area (Å²) < 4.78 is 36.5. The average Bonchev–Trinajstić information content (AvgIpc) is 3.19. The van der Waals surface area contributed by atoms with Crippen LogP contribution in [0.2, 0.25) is 0 Å². The molecule has 0 unspecified atom stereocenters. The molecule has 1 amide bonds. The first-order chi connectivity index (χ1) is 11.1. The van der Waals surface area contributed by atoms with Crippen molar-refractivity contribution in [3.05, 3.63) is 47.7 Å². The Bertz CT molecular complexity index is 859. The molecule has 2 heterocycles. The largest absolute Gasteiger partial charge is 0.479 e. The molecule has 118 valence electrons. The third-order valence-corrected chi connectivity index (χ3v) is 2.98. The van der Waals surface area contributed by atoms with E-state index in [0.29, 0.717) is 0 Å². The van der Waals surface area contributed by atoms with Crippen molar-refractivity contribution < 1.29 is 22.8 Å². The van der Waals surface area contributed by atoms with E-state index in [2.05, 4.69) is 20.7 Å². The molecule has 3 rings (SSSR count). The lowest BCUT2D eigenvalue weighted by Gasteiger charge is -1.99. The van der Waals surface area contributed by atoms with Gasteiger partial charge in [-0.25, -0.2) is 8.78 Å². The van der Waals surface area contributed by atoms with Gasteiger partial charge in [-0.1, -0.05) is 6.07 Å². The standard InChI is InChI=1S/C14H10F2N4O3/c1-22-12-6-10(23-20-12)14(21)17-11-5-9(18-19-11)7-3-2-4-8(15)13(7)16/h2-6H,1H3,(H2,17,18,19,21). The molecule has 0 aliphatic carbocycles. The Morgan fingerprint density at radius 3 is 2.91 bits per heavy atom. The van der Waals surface area contributed by atoms with Crippen molar-refractivity contribution >= 4 is 11.7 Å². The van der Waals surface area contributed by atoms with E-state index in [-0.39, 0.29) is 28.7 Å². The summed E-state index contributed by atoms with van der Waals surface area (Å²) in [5, 5.41) is 12.3. The molecule has 3 aromatic rings. The van der Waals surface area contributed by atoms with E-state index in [0.717, 1.165) is 6.07 Å². The van der Waals surface area contributed by atoms with Gasteiger partial charge in [0, 0.05) is 11.6 Å². The van der Waals surface area contributed by atoms with Gasteiger partial charge < -0.3 is 14.6 Å². The SMILES string of the molecule is COc1cc(C(=O)Nc2cc(-c3cccc(F)c3F)[nH]n2)on1. The Balaban J connectivity index is 1.79. The van der Waals surface area contributed by atoms with E-state index < -0.39 is 17.5 Å². The molecular formula is C14H10F2N4O3. The second-order valence-corrected chi connectivity index (χ2v) is 4.46. The Kier molecular flexibility index (Phi) is 3.75. The molecule has 0 aliphatic heterocycles. The minimum Gasteiger partial charge on any atom is -0.479 e. The molecule has 0 saturated heterocycles. The van der Waals surface area contributed by atoms with Gasteiger partial charge in [-0.05, 0) is 17.3 Å². The Labute approximate surface area is 128 Å². The molecule has 7 nitrogen and oxygen atoms in total. The second kappa shape index (κ2) is 5.87. The molecule has 2 N–H and O–H groups in total. The summed E-state index contributed by atoms with van der Waals surface area (Å²) in [5.74, 6) is -2.41. The maximum atomic E-state index is 13.7. The summed E-state index contributed by atoms with van der Waals surface area (Å²) in [6, 6.07) is 6.43. The fourth-order valence-electron chi connectivity index (χ4n) is 1.88. The molecule has 0 bridgehead atoms. The van der Waals surface area contributed by atoms with Crippen LogP contribution in [0.15, 0.2) is 34.9 Å². The third kappa shape index (κ3) is 2.89. The van der Waals surface area contributed by atoms with Gasteiger partial charge in [0.2, 0.25) is 5.76 Å². The summed E-state index contributed by atoms with van der Waals surface area (Å²) in [6.45, 7) is 0. The van der Waals surface area contributed by atoms with Gasteiger partial charge in [0.1, 0.15) is 0 Å². The molecule has 1 aromatic carbocycles. The number of carbonyl (C=O) groups excluding carboxylic acids is 1. The molecule has 2 aromatic heterocycles. The highest BCUT2D eigenvalue weighted by Gasteiger charge is 2.16. The van der Waals surface area contributed by atoms with Gasteiger partial charge in [0.05, 0.1) is 18.9 Å². The number of carbonyl (C=O) groups is 1. The predicted octanol–water partition coefficient (Wildman–Crippen LogP) is 2.60. The number of rotatable bonds is 4. The number of nitrogens with zero attached hydrogens (tertiary/aromatic N) is 2. The number of methoxy groups -OCH3 is 1. The number of benzene rings is 1. The highest BCUT2D eigenvalue weighted by atomic mass is 19.2. The number of nitrogens with one attached hydrogen (secondary N) is 2. The van der Waals surface area contributed by atoms with E-state index in [1.165, 1.54) is 31.4 Å². The van der Waals surface area contributed by atoms with E-state index in [4.69, 9.17) is 9.26 Å². The number of ether oxygens (including phenoxy) is 1. The number of hydrogen-bond donors (Lipinski definition) is 2. The summed E-state index contributed by atoms with van der Waals surface area (Å²) in [4.78, 5) is 11.9. The van der Waals surface area contributed by atoms with Crippen LogP contribution in [-0.4, -0.2) is 28.4 Å². The van der Waals surface area contributed by atoms with Crippen molar-refractivity contribution in [3.8, 4) is 17.1 Å². The van der Waals surface area contributed by atoms with Crippen LogP contribution in [0.5, 0.6) is 5.88 Å². The zero-order valence-corrected chi connectivity index (χ0v) is 11.8. The van der Waals surface area contributed by atoms with Crippen LogP contribution >= 0.6 is 0 Å². The monoisotopic (exact) mass is 320 g/mol. The lowest BCUT2D eigenvalue weighted by atomic mass is 10.1. The number of aromatic amines is 1. The van der Waals surface area contributed by atoms with Gasteiger partial charge in [-0.3, -0.25) is 9.89 Å². The molecule has 0 atom stereocenters. The van der Waals surface area contributed by atoms with Gasteiger partial charge >= 0.3 is 0 Å². The first-order valence-corrected chi connectivity index (χ1v) is 6.40. The molecule has 9 heteroatoms. The van der Waals surface area contributed by atoms with Crippen molar-refractivity contribution in [1.82, 2.24) is 15.4 Å². The molecule has 0 spiro atoms. The minimum absolute atomic E-state index is 0.000617. The topological polar surface area (TPSA) is 93.0 Å². The fraction of sp³-hybridized carbons (Fsp3) is 0.0714. The Morgan fingerprint density at radius 2 is 2.17 bits per heavy atom. The molecular weight excluding hydrogens is 310 g/mol. The second-order valence-electron chi connectivity index (χ2n) is 4.46. The smallest absolute Gasteiger partial charge is 0.295 e. The zero-order valence-electron chi connectivity index (χ0n) is 11.8. The van der Waals surface area contributed by atoms with Crippen molar-refractivity contribution in [2.24, 2.45) is 0 Å². The maximum absolute atomic E-state index is 13.7. The summed E-state index contributed by atoms with van der Waals surface area (Å²) in [6.07, 6.45) is 0. The molecule has 0 fully saturated rings.